The Morgan fingerprint density at radius 3 is 2.84 bits per heavy atom. The van der Waals surface area contributed by atoms with Crippen LogP contribution < -0.4 is 10.6 Å². The molecule has 2 fully saturated rings. The number of anilines is 2. The molecular weight excluding hydrogens is 258 g/mol. The summed E-state index contributed by atoms with van der Waals surface area (Å²) in [5, 5.41) is 1.16. The molecule has 0 atom stereocenters. The Bertz CT molecular complexity index is 481. The second kappa shape index (κ2) is 5.13. The summed E-state index contributed by atoms with van der Waals surface area (Å²) in [6, 6.07) is 1.99. The first-order valence-corrected chi connectivity index (χ1v) is 7.84. The molecule has 5 heteroatoms. The van der Waals surface area contributed by atoms with Gasteiger partial charge in [-0.15, -0.1) is 11.3 Å². The minimum atomic E-state index is 0.254. The third-order valence-corrected chi connectivity index (χ3v) is 5.18. The maximum Gasteiger partial charge on any atom is 0.178 e. The van der Waals surface area contributed by atoms with Gasteiger partial charge in [0.15, 0.2) is 5.78 Å². The van der Waals surface area contributed by atoms with E-state index in [0.717, 1.165) is 48.9 Å². The Morgan fingerprint density at radius 1 is 1.32 bits per heavy atom. The first-order valence-electron chi connectivity index (χ1n) is 7.02. The van der Waals surface area contributed by atoms with Gasteiger partial charge in [0, 0.05) is 25.6 Å². The summed E-state index contributed by atoms with van der Waals surface area (Å²) in [6.45, 7) is 4.30. The first kappa shape index (κ1) is 12.9. The van der Waals surface area contributed by atoms with E-state index in [4.69, 9.17) is 5.73 Å². The lowest BCUT2D eigenvalue weighted by atomic mass is 10.2. The topological polar surface area (TPSA) is 49.6 Å². The number of ketones is 1. The lowest BCUT2D eigenvalue weighted by Gasteiger charge is -2.20. The summed E-state index contributed by atoms with van der Waals surface area (Å²) in [5.41, 5.74) is 6.71. The second-order valence-corrected chi connectivity index (χ2v) is 6.68. The lowest BCUT2D eigenvalue weighted by molar-refractivity contribution is 0.0972. The van der Waals surface area contributed by atoms with Crippen molar-refractivity contribution < 1.29 is 4.79 Å². The third-order valence-electron chi connectivity index (χ3n) is 3.95. The van der Waals surface area contributed by atoms with Crippen molar-refractivity contribution in [3.63, 3.8) is 0 Å². The van der Waals surface area contributed by atoms with E-state index in [1.807, 2.05) is 6.07 Å². The molecule has 0 amide bonds. The quantitative estimate of drug-likeness (QED) is 0.861. The number of nitrogen functional groups attached to an aromatic ring is 1. The minimum absolute atomic E-state index is 0.254. The summed E-state index contributed by atoms with van der Waals surface area (Å²) in [6.07, 6.45) is 3.25. The highest BCUT2D eigenvalue weighted by Gasteiger charge is 2.33. The summed E-state index contributed by atoms with van der Waals surface area (Å²) >= 11 is 1.59. The van der Waals surface area contributed by atoms with Crippen LogP contribution in [0, 0.1) is 5.92 Å². The smallest absolute Gasteiger partial charge is 0.178 e. The first-order chi connectivity index (χ1) is 9.15. The molecule has 1 aromatic rings. The van der Waals surface area contributed by atoms with Crippen LogP contribution in [-0.2, 0) is 0 Å². The zero-order valence-electron chi connectivity index (χ0n) is 11.4. The Hall–Kier alpha value is -1.07. The van der Waals surface area contributed by atoms with Gasteiger partial charge in [0.25, 0.3) is 0 Å². The van der Waals surface area contributed by atoms with Gasteiger partial charge in [0.05, 0.1) is 15.6 Å². The molecule has 0 aromatic carbocycles. The molecule has 2 N–H and O–H groups in total. The van der Waals surface area contributed by atoms with Gasteiger partial charge in [-0.3, -0.25) is 4.79 Å². The van der Waals surface area contributed by atoms with Gasteiger partial charge >= 0.3 is 0 Å². The van der Waals surface area contributed by atoms with Crippen molar-refractivity contribution >= 4 is 27.8 Å². The van der Waals surface area contributed by atoms with E-state index in [1.54, 1.807) is 11.3 Å². The van der Waals surface area contributed by atoms with Crippen LogP contribution in [0.4, 0.5) is 10.7 Å². The molecule has 0 bridgehead atoms. The molecule has 1 aliphatic heterocycles. The number of carbonyl (C=O) groups excluding carboxylic acids is 1. The number of nitrogens with two attached hydrogens (primary N) is 1. The number of hydrogen-bond acceptors (Lipinski definition) is 5. The zero-order chi connectivity index (χ0) is 13.4. The van der Waals surface area contributed by atoms with Gasteiger partial charge in [-0.2, -0.15) is 0 Å². The van der Waals surface area contributed by atoms with E-state index in [0.29, 0.717) is 5.69 Å². The standard InChI is InChI=1S/C14H21N3OS/c1-16-5-2-6-17(8-7-16)12-9-11(15)14(19-12)13(18)10-3-4-10/h9-10H,2-8,15H2,1H3. The highest BCUT2D eigenvalue weighted by Crippen LogP contribution is 2.39. The maximum atomic E-state index is 12.1. The second-order valence-electron chi connectivity index (χ2n) is 5.65. The van der Waals surface area contributed by atoms with Gasteiger partial charge < -0.3 is 15.5 Å². The Kier molecular flexibility index (Phi) is 3.50. The highest BCUT2D eigenvalue weighted by molar-refractivity contribution is 7.18. The molecule has 19 heavy (non-hydrogen) atoms. The SMILES string of the molecule is CN1CCCN(c2cc(N)c(C(=O)C3CC3)s2)CC1. The van der Waals surface area contributed by atoms with Crippen LogP contribution in [0.3, 0.4) is 0 Å². The van der Waals surface area contributed by atoms with Crippen LogP contribution in [0.1, 0.15) is 28.9 Å². The average Bonchev–Trinajstić information content (AvgIpc) is 3.17. The highest BCUT2D eigenvalue weighted by atomic mass is 32.1. The largest absolute Gasteiger partial charge is 0.397 e. The van der Waals surface area contributed by atoms with Crippen LogP contribution in [0.5, 0.6) is 0 Å². The summed E-state index contributed by atoms with van der Waals surface area (Å²) in [4.78, 5) is 17.7. The van der Waals surface area contributed by atoms with E-state index in [-0.39, 0.29) is 11.7 Å². The van der Waals surface area contributed by atoms with Gasteiger partial charge in [-0.05, 0) is 38.9 Å². The molecule has 1 aromatic heterocycles. The molecule has 3 rings (SSSR count). The van der Waals surface area contributed by atoms with Crippen molar-refractivity contribution in [3.05, 3.63) is 10.9 Å². The predicted molar refractivity (Wildman–Crippen MR) is 80.1 cm³/mol. The van der Waals surface area contributed by atoms with Gasteiger partial charge in [-0.1, -0.05) is 0 Å². The van der Waals surface area contributed by atoms with Crippen molar-refractivity contribution in [3.8, 4) is 0 Å². The molecule has 0 spiro atoms. The monoisotopic (exact) mass is 279 g/mol. The van der Waals surface area contributed by atoms with Crippen molar-refractivity contribution in [1.82, 2.24) is 4.90 Å². The fraction of sp³-hybridized carbons (Fsp3) is 0.643. The van der Waals surface area contributed by atoms with Gasteiger partial charge in [0.2, 0.25) is 0 Å². The number of likely N-dealkylation sites (N-methyl/N-ethyl adjacent to an activating group) is 1. The van der Waals surface area contributed by atoms with E-state index >= 15 is 0 Å². The Morgan fingerprint density at radius 2 is 2.11 bits per heavy atom. The van der Waals surface area contributed by atoms with Crippen LogP contribution >= 0.6 is 11.3 Å². The van der Waals surface area contributed by atoms with E-state index in [2.05, 4.69) is 16.8 Å². The fourth-order valence-electron chi connectivity index (χ4n) is 2.54. The Balaban J connectivity index is 1.77. The summed E-state index contributed by atoms with van der Waals surface area (Å²) in [7, 11) is 2.16. The molecule has 0 unspecified atom stereocenters. The molecule has 1 saturated heterocycles. The molecular formula is C14H21N3OS. The number of rotatable bonds is 3. The van der Waals surface area contributed by atoms with Gasteiger partial charge in [0.1, 0.15) is 0 Å². The third kappa shape index (κ3) is 2.77. The lowest BCUT2D eigenvalue weighted by Crippen LogP contribution is -2.28. The Labute approximate surface area is 118 Å². The molecule has 1 saturated carbocycles. The maximum absolute atomic E-state index is 12.1. The molecule has 2 aliphatic rings. The zero-order valence-corrected chi connectivity index (χ0v) is 12.2. The van der Waals surface area contributed by atoms with Gasteiger partial charge in [-0.25, -0.2) is 0 Å². The molecule has 4 nitrogen and oxygen atoms in total. The van der Waals surface area contributed by atoms with Crippen molar-refractivity contribution in [2.75, 3.05) is 43.9 Å². The number of hydrogen-bond donors (Lipinski definition) is 1. The number of carbonyl (C=O) groups is 1. The van der Waals surface area contributed by atoms with Crippen molar-refractivity contribution in [2.45, 2.75) is 19.3 Å². The number of thiophene rings is 1. The van der Waals surface area contributed by atoms with E-state index < -0.39 is 0 Å². The average molecular weight is 279 g/mol. The number of Topliss-reactive ketones (excluding diaryl/α,β-unsaturated/α-hetero) is 1. The molecule has 2 heterocycles. The normalized spacial score (nSPS) is 21.4. The number of nitrogens with zero attached hydrogens (tertiary/aromatic N) is 2. The molecule has 1 aliphatic carbocycles. The minimum Gasteiger partial charge on any atom is -0.397 e. The summed E-state index contributed by atoms with van der Waals surface area (Å²) < 4.78 is 0. The summed E-state index contributed by atoms with van der Waals surface area (Å²) in [5.74, 6) is 0.518. The predicted octanol–water partition coefficient (Wildman–Crippen LogP) is 2.06. The fourth-order valence-corrected chi connectivity index (χ4v) is 3.69. The van der Waals surface area contributed by atoms with Crippen molar-refractivity contribution in [1.29, 1.82) is 0 Å². The van der Waals surface area contributed by atoms with E-state index in [1.165, 1.54) is 6.42 Å². The van der Waals surface area contributed by atoms with Crippen LogP contribution in [0.2, 0.25) is 0 Å². The molecule has 0 radical (unpaired) electrons. The van der Waals surface area contributed by atoms with Crippen molar-refractivity contribution in [2.24, 2.45) is 5.92 Å². The van der Waals surface area contributed by atoms with Crippen LogP contribution in [-0.4, -0.2) is 43.9 Å². The van der Waals surface area contributed by atoms with E-state index in [9.17, 15) is 4.79 Å². The van der Waals surface area contributed by atoms with Crippen LogP contribution in [0.15, 0.2) is 6.07 Å². The molecule has 104 valence electrons. The van der Waals surface area contributed by atoms with Crippen LogP contribution in [0.25, 0.3) is 0 Å².